The smallest absolute Gasteiger partial charge is 0.509 e. The molecule has 68 heavy (non-hydrogen) atoms. The number of hydrogen-bond acceptors (Lipinski definition) is 12. The number of imidazole rings is 2. The summed E-state index contributed by atoms with van der Waals surface area (Å²) < 4.78 is 7.90. The summed E-state index contributed by atoms with van der Waals surface area (Å²) >= 11 is 0. The maximum atomic E-state index is 11.8. The largest absolute Gasteiger partial charge is 1.00 e. The molecule has 2 unspecified atom stereocenters. The molecular weight excluding hydrogens is 939 g/mol. The highest BCUT2D eigenvalue weighted by molar-refractivity contribution is 5.85. The number of carboxylic acid groups (broad SMARTS) is 6. The van der Waals surface area contributed by atoms with Crippen LogP contribution in [0.25, 0.3) is 22.1 Å². The first kappa shape index (κ1) is 53.6. The lowest BCUT2D eigenvalue weighted by atomic mass is 10.2. The number of aliphatic carboxylic acids is 4. The van der Waals surface area contributed by atoms with Crippen LogP contribution < -0.4 is 44.7 Å². The van der Waals surface area contributed by atoms with Crippen LogP contribution in [0.4, 0.5) is 9.59 Å². The van der Waals surface area contributed by atoms with Crippen molar-refractivity contribution in [3.05, 3.63) is 121 Å². The molecule has 4 aromatic heterocycles. The average Bonchev–Trinajstić information content (AvgIpc) is 3.87. The molecule has 356 valence electrons. The van der Waals surface area contributed by atoms with Gasteiger partial charge >= 0.3 is 36.1 Å². The molecule has 0 spiro atoms. The van der Waals surface area contributed by atoms with Crippen molar-refractivity contribution in [2.45, 2.75) is 38.0 Å². The first-order valence-corrected chi connectivity index (χ1v) is 19.3. The molecule has 6 N–H and O–H groups in total. The van der Waals surface area contributed by atoms with Gasteiger partial charge in [0.15, 0.2) is 34.7 Å². The molecule has 2 aromatic carbocycles. The van der Waals surface area contributed by atoms with Crippen molar-refractivity contribution >= 4 is 70.8 Å². The van der Waals surface area contributed by atoms with Gasteiger partial charge in [-0.3, -0.25) is 9.59 Å². The van der Waals surface area contributed by atoms with Gasteiger partial charge in [0.2, 0.25) is 12.1 Å². The lowest BCUT2D eigenvalue weighted by Crippen LogP contribution is -3.00. The van der Waals surface area contributed by atoms with E-state index in [9.17, 15) is 49.2 Å². The minimum atomic E-state index is -1.24. The number of rotatable bonds is 18. The number of aryl methyl sites for hydroxylation is 2. The molecule has 6 aromatic rings. The number of pyridine rings is 2. The summed E-state index contributed by atoms with van der Waals surface area (Å²) in [6.45, 7) is 0.158. The summed E-state index contributed by atoms with van der Waals surface area (Å²) in [5.41, 5.74) is 1.55. The number of fused-ring (bicyclic) bond motifs is 2. The van der Waals surface area contributed by atoms with Gasteiger partial charge in [-0.25, -0.2) is 18.7 Å². The number of para-hydroxylation sites is 4. The molecule has 0 radical (unpaired) electrons. The Bertz CT molecular complexity index is 2790. The Morgan fingerprint density at radius 3 is 1.21 bits per heavy atom. The summed E-state index contributed by atoms with van der Waals surface area (Å²) in [4.78, 5) is 67.6. The van der Waals surface area contributed by atoms with E-state index in [0.29, 0.717) is 45.9 Å². The number of halogens is 2. The van der Waals surface area contributed by atoms with Crippen LogP contribution >= 0.6 is 0 Å². The summed E-state index contributed by atoms with van der Waals surface area (Å²) in [7, 11) is 0. The van der Waals surface area contributed by atoms with Gasteiger partial charge in [-0.2, -0.15) is 19.8 Å². The van der Waals surface area contributed by atoms with Crippen LogP contribution in [0, 0.1) is 0 Å². The number of aromatic nitrogens is 6. The van der Waals surface area contributed by atoms with Crippen molar-refractivity contribution in [3.63, 3.8) is 0 Å². The zero-order valence-corrected chi connectivity index (χ0v) is 36.6. The molecule has 0 bridgehead atoms. The number of hydrogen-bond donors (Lipinski definition) is 6. The van der Waals surface area contributed by atoms with Crippen molar-refractivity contribution in [2.24, 2.45) is 40.9 Å². The highest BCUT2D eigenvalue weighted by atomic mass is 35.5. The number of benzene rings is 2. The van der Waals surface area contributed by atoms with E-state index in [1.807, 2.05) is 0 Å². The molecule has 0 aliphatic heterocycles. The predicted octanol–water partition coefficient (Wildman–Crippen LogP) is -3.29. The fraction of sp³-hybridized carbons (Fsp3) is 0.200. The Hall–Kier alpha value is -8.78. The van der Waals surface area contributed by atoms with Crippen LogP contribution in [-0.4, -0.2) is 111 Å². The van der Waals surface area contributed by atoms with Gasteiger partial charge in [0, 0.05) is 37.9 Å². The van der Waals surface area contributed by atoms with Crippen LogP contribution in [0.5, 0.6) is 0 Å². The monoisotopic (exact) mass is 978 g/mol. The second-order valence-electron chi connectivity index (χ2n) is 13.5. The van der Waals surface area contributed by atoms with Crippen LogP contribution in [0.3, 0.4) is 0 Å². The van der Waals surface area contributed by atoms with Crippen LogP contribution in [0.15, 0.2) is 151 Å². The van der Waals surface area contributed by atoms with E-state index in [0.717, 1.165) is 21.8 Å². The van der Waals surface area contributed by atoms with E-state index < -0.39 is 48.1 Å². The standard InChI is InChI=1S/2C20H19N7O6.2ClH/c2*28-18(29)7-10-25-8-5-14(6-9-25)24-23-12-22-21-11-17(19(30)31)26-13-27(20(32)33)16-4-2-1-3-15(16)26;;/h2*1-6,8-9,12-13,17H,7,10-11H2,(H2-,28,29,30,31,32,33);2*1H. The number of azo groups is 2. The van der Waals surface area contributed by atoms with Gasteiger partial charge in [0.1, 0.15) is 13.1 Å². The van der Waals surface area contributed by atoms with Crippen LogP contribution in [-0.2, 0) is 32.3 Å². The Labute approximate surface area is 394 Å². The molecule has 0 fully saturated rings. The molecule has 4 heterocycles. The van der Waals surface area contributed by atoms with Gasteiger partial charge in [0.05, 0.1) is 23.6 Å². The van der Waals surface area contributed by atoms with Gasteiger partial charge in [-0.05, 0) is 48.5 Å². The molecule has 28 heteroatoms. The van der Waals surface area contributed by atoms with E-state index in [-0.39, 0.29) is 50.7 Å². The zero-order valence-electron chi connectivity index (χ0n) is 35.1. The molecular formula is C40H40Cl2N14O12. The highest BCUT2D eigenvalue weighted by Crippen LogP contribution is 2.15. The number of carbonyl (C=O) groups is 6. The molecule has 0 saturated carbocycles. The van der Waals surface area contributed by atoms with Crippen molar-refractivity contribution in [1.82, 2.24) is 18.3 Å². The molecule has 0 amide bonds. The fourth-order valence-corrected chi connectivity index (χ4v) is 5.97. The van der Waals surface area contributed by atoms with Gasteiger partial charge in [-0.15, -0.1) is 39.8 Å². The molecule has 26 nitrogen and oxygen atoms in total. The second-order valence-corrected chi connectivity index (χ2v) is 13.5. The summed E-state index contributed by atoms with van der Waals surface area (Å²) in [6.07, 6.45) is 8.70. The third-order valence-electron chi connectivity index (χ3n) is 9.11. The SMILES string of the molecule is O=C(O)CCn1ccc(=NN=CN=NCC(C(=O)O)[n+]2cn(C(=O)O)c3ccccc32)cc1.O=C(O)CCn1ccc(=NN=CN=NCC(C(=O)O)[n+]2cn(C(=O)O)c3ccccc32)cc1.[Cl-].[Cl-]. The minimum Gasteiger partial charge on any atom is -1.00 e. The third-order valence-corrected chi connectivity index (χ3v) is 9.11. The zero-order chi connectivity index (χ0) is 47.6. The van der Waals surface area contributed by atoms with Crippen LogP contribution in [0.1, 0.15) is 24.9 Å². The van der Waals surface area contributed by atoms with Crippen molar-refractivity contribution in [2.75, 3.05) is 13.1 Å². The maximum Gasteiger partial charge on any atom is 0.509 e. The third kappa shape index (κ3) is 15.2. The Balaban J connectivity index is 0.000000350. The van der Waals surface area contributed by atoms with Crippen molar-refractivity contribution in [1.29, 1.82) is 0 Å². The average molecular weight is 980 g/mol. The minimum absolute atomic E-state index is 0. The first-order chi connectivity index (χ1) is 31.7. The maximum absolute atomic E-state index is 11.8. The quantitative estimate of drug-likeness (QED) is 0.0162. The Morgan fingerprint density at radius 1 is 0.529 bits per heavy atom. The Morgan fingerprint density at radius 2 is 0.882 bits per heavy atom. The highest BCUT2D eigenvalue weighted by Gasteiger charge is 2.32. The molecule has 0 aliphatic rings. The van der Waals surface area contributed by atoms with Crippen LogP contribution in [0.2, 0.25) is 0 Å². The van der Waals surface area contributed by atoms with E-state index in [1.54, 1.807) is 107 Å². The number of carboxylic acids is 4. The van der Waals surface area contributed by atoms with E-state index in [4.69, 9.17) is 10.2 Å². The van der Waals surface area contributed by atoms with Crippen molar-refractivity contribution < 1.29 is 93.4 Å². The van der Waals surface area contributed by atoms with Gasteiger partial charge < -0.3 is 64.6 Å². The Kier molecular flexibility index (Phi) is 20.7. The first-order valence-electron chi connectivity index (χ1n) is 19.3. The predicted molar refractivity (Wildman–Crippen MR) is 225 cm³/mol. The normalized spacial score (nSPS) is 12.0. The number of nitrogens with zero attached hydrogens (tertiary/aromatic N) is 14. The summed E-state index contributed by atoms with van der Waals surface area (Å²) in [5, 5.41) is 86.6. The molecule has 0 saturated heterocycles. The van der Waals surface area contributed by atoms with Gasteiger partial charge in [-0.1, -0.05) is 24.3 Å². The lowest BCUT2D eigenvalue weighted by molar-refractivity contribution is -0.684. The van der Waals surface area contributed by atoms with Gasteiger partial charge in [0.25, 0.3) is 12.7 Å². The lowest BCUT2D eigenvalue weighted by Gasteiger charge is -2.05. The van der Waals surface area contributed by atoms with E-state index in [2.05, 4.69) is 40.9 Å². The van der Waals surface area contributed by atoms with E-state index >= 15 is 0 Å². The second kappa shape index (κ2) is 26.2. The molecule has 0 aliphatic carbocycles. The summed E-state index contributed by atoms with van der Waals surface area (Å²) in [6, 6.07) is 17.3. The summed E-state index contributed by atoms with van der Waals surface area (Å²) in [5.74, 6) is -4.17. The van der Waals surface area contributed by atoms with Crippen molar-refractivity contribution in [3.8, 4) is 0 Å². The van der Waals surface area contributed by atoms with E-state index in [1.165, 1.54) is 21.8 Å². The fourth-order valence-electron chi connectivity index (χ4n) is 5.97. The molecule has 2 atom stereocenters. The molecule has 6 rings (SSSR count). The topological polar surface area (TPSA) is 350 Å².